The number of hydrogen-bond donors (Lipinski definition) is 1. The third kappa shape index (κ3) is 4.31. The Morgan fingerprint density at radius 1 is 1.41 bits per heavy atom. The van der Waals surface area contributed by atoms with Crippen LogP contribution in [0.1, 0.15) is 44.1 Å². The highest BCUT2D eigenvalue weighted by Crippen LogP contribution is 2.22. The van der Waals surface area contributed by atoms with E-state index >= 15 is 0 Å². The average Bonchev–Trinajstić information content (AvgIpc) is 2.68. The van der Waals surface area contributed by atoms with Crippen molar-refractivity contribution in [3.8, 4) is 0 Å². The molecule has 1 aliphatic rings. The lowest BCUT2D eigenvalue weighted by Crippen LogP contribution is -2.35. The van der Waals surface area contributed by atoms with Crippen LogP contribution in [0.2, 0.25) is 0 Å². The minimum Gasteiger partial charge on any atom is -0.463 e. The van der Waals surface area contributed by atoms with E-state index in [1.54, 1.807) is 11.5 Å². The number of nitrogens with one attached hydrogen (secondary N) is 1. The zero-order valence-corrected chi connectivity index (χ0v) is 15.4. The highest BCUT2D eigenvalue weighted by atomic mass is 16.5. The molecule has 2 heterocycles. The molecule has 1 aromatic carbocycles. The average molecular weight is 366 g/mol. The van der Waals surface area contributed by atoms with Gasteiger partial charge >= 0.3 is 5.97 Å². The first-order valence-corrected chi connectivity index (χ1v) is 8.94. The van der Waals surface area contributed by atoms with Crippen molar-refractivity contribution in [1.29, 1.82) is 0 Å². The van der Waals surface area contributed by atoms with Gasteiger partial charge in [-0.1, -0.05) is 18.2 Å². The number of carbonyl (C=O) groups excluding carboxylic acids is 1. The van der Waals surface area contributed by atoms with Crippen LogP contribution in [0.25, 0.3) is 6.08 Å². The van der Waals surface area contributed by atoms with E-state index in [1.165, 1.54) is 18.3 Å². The number of hydrogen-bond acceptors (Lipinski definition) is 6. The van der Waals surface area contributed by atoms with Gasteiger partial charge < -0.3 is 4.74 Å². The van der Waals surface area contributed by atoms with Crippen LogP contribution in [0.3, 0.4) is 0 Å². The normalized spacial score (nSPS) is 17.7. The van der Waals surface area contributed by atoms with Crippen LogP contribution in [0, 0.1) is 0 Å². The van der Waals surface area contributed by atoms with Gasteiger partial charge in [-0.15, -0.1) is 0 Å². The molecule has 2 aromatic rings. The van der Waals surface area contributed by atoms with Gasteiger partial charge in [0.25, 0.3) is 5.56 Å². The van der Waals surface area contributed by atoms with Gasteiger partial charge in [-0.25, -0.2) is 9.78 Å². The summed E-state index contributed by atoms with van der Waals surface area (Å²) in [6, 6.07) is 9.61. The quantitative estimate of drug-likeness (QED) is 0.499. The summed E-state index contributed by atoms with van der Waals surface area (Å²) >= 11 is 0. The monoisotopic (exact) mass is 366 g/mol. The molecule has 0 saturated heterocycles. The van der Waals surface area contributed by atoms with E-state index in [4.69, 9.17) is 4.74 Å². The number of ether oxygens (including phenoxy) is 1. The molecule has 140 valence electrons. The van der Waals surface area contributed by atoms with Crippen LogP contribution >= 0.6 is 0 Å². The summed E-state index contributed by atoms with van der Waals surface area (Å²) in [6.45, 7) is 4.00. The summed E-state index contributed by atoms with van der Waals surface area (Å²) in [4.78, 5) is 28.8. The third-order valence-electron chi connectivity index (χ3n) is 4.30. The number of benzene rings is 1. The van der Waals surface area contributed by atoms with E-state index < -0.39 is 5.97 Å². The number of rotatable bonds is 5. The van der Waals surface area contributed by atoms with Crippen LogP contribution in [0.15, 0.2) is 52.5 Å². The molecule has 1 aromatic heterocycles. The van der Waals surface area contributed by atoms with Crippen molar-refractivity contribution in [2.24, 2.45) is 5.10 Å². The Hall–Kier alpha value is -3.22. The maximum Gasteiger partial charge on any atom is 0.330 e. The largest absolute Gasteiger partial charge is 0.463 e. The van der Waals surface area contributed by atoms with E-state index in [-0.39, 0.29) is 18.2 Å². The second kappa shape index (κ2) is 8.44. The van der Waals surface area contributed by atoms with Gasteiger partial charge in [0.1, 0.15) is 5.71 Å². The van der Waals surface area contributed by atoms with E-state index in [2.05, 4.69) is 15.5 Å². The standard InChI is InChI=1S/C20H22N4O3/c1-3-27-18(25)12-10-15-13-21-19-17(11-9-14(2)24(19)20(15)26)23-22-16-7-5-4-6-8-16/h4-8,10,12-14,22H,3,9,11H2,1-2H3/b12-10+,23-17+. The van der Waals surface area contributed by atoms with Crippen molar-refractivity contribution in [2.45, 2.75) is 32.7 Å². The smallest absolute Gasteiger partial charge is 0.330 e. The fourth-order valence-corrected chi connectivity index (χ4v) is 2.91. The summed E-state index contributed by atoms with van der Waals surface area (Å²) in [6.07, 6.45) is 5.68. The van der Waals surface area contributed by atoms with Crippen molar-refractivity contribution in [3.63, 3.8) is 0 Å². The van der Waals surface area contributed by atoms with Gasteiger partial charge in [0.15, 0.2) is 5.82 Å². The first-order chi connectivity index (χ1) is 13.1. The van der Waals surface area contributed by atoms with E-state index in [0.29, 0.717) is 11.4 Å². The van der Waals surface area contributed by atoms with Gasteiger partial charge in [0, 0.05) is 18.3 Å². The molecule has 0 spiro atoms. The lowest BCUT2D eigenvalue weighted by Gasteiger charge is -2.25. The van der Waals surface area contributed by atoms with Crippen LogP contribution in [-0.4, -0.2) is 27.8 Å². The van der Waals surface area contributed by atoms with Crippen LogP contribution in [0.4, 0.5) is 5.69 Å². The Kier molecular flexibility index (Phi) is 5.80. The molecule has 1 N–H and O–H groups in total. The molecule has 0 fully saturated rings. The summed E-state index contributed by atoms with van der Waals surface area (Å²) in [5.74, 6) is 0.0671. The fraction of sp³-hybridized carbons (Fsp3) is 0.300. The zero-order valence-electron chi connectivity index (χ0n) is 15.4. The third-order valence-corrected chi connectivity index (χ3v) is 4.30. The van der Waals surface area contributed by atoms with E-state index in [0.717, 1.165) is 24.2 Å². The minimum absolute atomic E-state index is 0.00613. The maximum atomic E-state index is 12.9. The number of esters is 1. The highest BCUT2D eigenvalue weighted by molar-refractivity contribution is 5.98. The summed E-state index contributed by atoms with van der Waals surface area (Å²) < 4.78 is 6.48. The van der Waals surface area contributed by atoms with Crippen molar-refractivity contribution in [3.05, 3.63) is 64.3 Å². The van der Waals surface area contributed by atoms with Gasteiger partial charge in [0.2, 0.25) is 0 Å². The van der Waals surface area contributed by atoms with Crippen molar-refractivity contribution in [1.82, 2.24) is 9.55 Å². The molecule has 7 nitrogen and oxygen atoms in total. The molecule has 0 amide bonds. The Bertz CT molecular complexity index is 932. The molecular formula is C20H22N4O3. The van der Waals surface area contributed by atoms with Crippen LogP contribution in [-0.2, 0) is 9.53 Å². The molecule has 0 saturated carbocycles. The molecule has 0 bridgehead atoms. The lowest BCUT2D eigenvalue weighted by molar-refractivity contribution is -0.137. The SMILES string of the molecule is CCOC(=O)/C=C/c1cnc2n(c1=O)C(C)CC/C2=N\Nc1ccccc1. The predicted octanol–water partition coefficient (Wildman–Crippen LogP) is 2.99. The topological polar surface area (TPSA) is 85.6 Å². The molecule has 27 heavy (non-hydrogen) atoms. The highest BCUT2D eigenvalue weighted by Gasteiger charge is 2.24. The number of anilines is 1. The van der Waals surface area contributed by atoms with Gasteiger partial charge in [-0.2, -0.15) is 5.10 Å². The molecule has 3 rings (SSSR count). The predicted molar refractivity (Wildman–Crippen MR) is 105 cm³/mol. The Labute approximate surface area is 157 Å². The first kappa shape index (κ1) is 18.6. The molecular weight excluding hydrogens is 344 g/mol. The number of hydrazone groups is 1. The van der Waals surface area contributed by atoms with Crippen LogP contribution in [0.5, 0.6) is 0 Å². The fourth-order valence-electron chi connectivity index (χ4n) is 2.91. The van der Waals surface area contributed by atoms with Crippen LogP contribution < -0.4 is 11.0 Å². The number of nitrogens with zero attached hydrogens (tertiary/aromatic N) is 3. The molecule has 0 radical (unpaired) electrons. The Balaban J connectivity index is 1.91. The van der Waals surface area contributed by atoms with E-state index in [1.807, 2.05) is 37.3 Å². The summed E-state index contributed by atoms with van der Waals surface area (Å²) in [5, 5.41) is 4.45. The van der Waals surface area contributed by atoms with Crippen molar-refractivity contribution >= 4 is 23.4 Å². The second-order valence-electron chi connectivity index (χ2n) is 6.22. The Morgan fingerprint density at radius 3 is 2.93 bits per heavy atom. The summed E-state index contributed by atoms with van der Waals surface area (Å²) in [5.41, 5.74) is 4.76. The zero-order chi connectivity index (χ0) is 19.2. The number of para-hydroxylation sites is 1. The molecule has 1 atom stereocenters. The molecule has 7 heteroatoms. The van der Waals surface area contributed by atoms with Crippen molar-refractivity contribution < 1.29 is 9.53 Å². The number of carbonyl (C=O) groups is 1. The maximum absolute atomic E-state index is 12.9. The lowest BCUT2D eigenvalue weighted by atomic mass is 10.0. The van der Waals surface area contributed by atoms with Gasteiger partial charge in [-0.3, -0.25) is 14.8 Å². The molecule has 1 aliphatic heterocycles. The summed E-state index contributed by atoms with van der Waals surface area (Å²) in [7, 11) is 0. The number of aromatic nitrogens is 2. The second-order valence-corrected chi connectivity index (χ2v) is 6.22. The Morgan fingerprint density at radius 2 is 2.19 bits per heavy atom. The first-order valence-electron chi connectivity index (χ1n) is 8.94. The van der Waals surface area contributed by atoms with Gasteiger partial charge in [0.05, 0.1) is 17.9 Å². The van der Waals surface area contributed by atoms with E-state index in [9.17, 15) is 9.59 Å². The van der Waals surface area contributed by atoms with Gasteiger partial charge in [-0.05, 0) is 44.9 Å². The number of fused-ring (bicyclic) bond motifs is 1. The van der Waals surface area contributed by atoms with Crippen molar-refractivity contribution in [2.75, 3.05) is 12.0 Å². The molecule has 1 unspecified atom stereocenters. The minimum atomic E-state index is -0.484. The molecule has 0 aliphatic carbocycles.